The van der Waals surface area contributed by atoms with E-state index in [1.165, 1.54) is 12.1 Å². The Hall–Kier alpha value is -1.66. The molecule has 0 aliphatic rings. The predicted molar refractivity (Wildman–Crippen MR) is 60.9 cm³/mol. The van der Waals surface area contributed by atoms with Gasteiger partial charge in [-0.1, -0.05) is 6.07 Å². The molecule has 0 amide bonds. The van der Waals surface area contributed by atoms with Crippen LogP contribution in [0.15, 0.2) is 18.2 Å². The SMILES string of the molecule is CC(O)CNCc1ccc(N)c([N+](=O)[O-])c1. The molecule has 88 valence electrons. The number of aliphatic hydroxyl groups excluding tert-OH is 1. The fraction of sp³-hybridized carbons (Fsp3) is 0.400. The van der Waals surface area contributed by atoms with Gasteiger partial charge in [0.25, 0.3) is 5.69 Å². The van der Waals surface area contributed by atoms with Crippen molar-refractivity contribution in [2.45, 2.75) is 19.6 Å². The van der Waals surface area contributed by atoms with Crippen LogP contribution in [0.4, 0.5) is 11.4 Å². The van der Waals surface area contributed by atoms with E-state index in [9.17, 15) is 10.1 Å². The highest BCUT2D eigenvalue weighted by molar-refractivity contribution is 5.59. The molecule has 16 heavy (non-hydrogen) atoms. The molecule has 0 bridgehead atoms. The molecule has 1 rings (SSSR count). The Morgan fingerprint density at radius 1 is 1.62 bits per heavy atom. The average molecular weight is 225 g/mol. The number of anilines is 1. The molecule has 0 radical (unpaired) electrons. The first-order valence-corrected chi connectivity index (χ1v) is 4.92. The molecule has 1 aromatic rings. The van der Waals surface area contributed by atoms with Crippen molar-refractivity contribution in [1.29, 1.82) is 0 Å². The number of rotatable bonds is 5. The Morgan fingerprint density at radius 2 is 2.31 bits per heavy atom. The average Bonchev–Trinajstić information content (AvgIpc) is 2.19. The highest BCUT2D eigenvalue weighted by Crippen LogP contribution is 2.22. The molecule has 0 spiro atoms. The lowest BCUT2D eigenvalue weighted by atomic mass is 10.1. The summed E-state index contributed by atoms with van der Waals surface area (Å²) in [6.45, 7) is 2.57. The van der Waals surface area contributed by atoms with Crippen molar-refractivity contribution < 1.29 is 10.0 Å². The fourth-order valence-corrected chi connectivity index (χ4v) is 1.28. The standard InChI is InChI=1S/C10H15N3O3/c1-7(14)5-12-6-8-2-3-9(11)10(4-8)13(15)16/h2-4,7,12,14H,5-6,11H2,1H3. The van der Waals surface area contributed by atoms with Gasteiger partial charge in [0.2, 0.25) is 0 Å². The van der Waals surface area contributed by atoms with Crippen LogP contribution in [0.5, 0.6) is 0 Å². The van der Waals surface area contributed by atoms with Crippen LogP contribution in [0.2, 0.25) is 0 Å². The van der Waals surface area contributed by atoms with Crippen molar-refractivity contribution in [1.82, 2.24) is 5.32 Å². The van der Waals surface area contributed by atoms with Gasteiger partial charge in [-0.05, 0) is 18.6 Å². The Bertz CT molecular complexity index is 380. The molecule has 1 unspecified atom stereocenters. The van der Waals surface area contributed by atoms with Gasteiger partial charge in [-0.25, -0.2) is 0 Å². The second kappa shape index (κ2) is 5.43. The maximum absolute atomic E-state index is 10.6. The highest BCUT2D eigenvalue weighted by atomic mass is 16.6. The van der Waals surface area contributed by atoms with Crippen molar-refractivity contribution in [2.24, 2.45) is 0 Å². The summed E-state index contributed by atoms with van der Waals surface area (Å²) in [7, 11) is 0. The molecule has 6 nitrogen and oxygen atoms in total. The maximum atomic E-state index is 10.6. The zero-order chi connectivity index (χ0) is 12.1. The minimum atomic E-state index is -0.506. The predicted octanol–water partition coefficient (Wildman–Crippen LogP) is 0.647. The van der Waals surface area contributed by atoms with Crippen molar-refractivity contribution in [3.63, 3.8) is 0 Å². The van der Waals surface area contributed by atoms with Crippen molar-refractivity contribution in [3.8, 4) is 0 Å². The van der Waals surface area contributed by atoms with Gasteiger partial charge in [-0.3, -0.25) is 10.1 Å². The van der Waals surface area contributed by atoms with E-state index in [1.54, 1.807) is 13.0 Å². The summed E-state index contributed by atoms with van der Waals surface area (Å²) >= 11 is 0. The molecule has 0 saturated heterocycles. The molecule has 1 aromatic carbocycles. The molecule has 6 heteroatoms. The highest BCUT2D eigenvalue weighted by Gasteiger charge is 2.11. The lowest BCUT2D eigenvalue weighted by Gasteiger charge is -2.07. The molecule has 4 N–H and O–H groups in total. The minimum Gasteiger partial charge on any atom is -0.393 e. The number of nitrogens with zero attached hydrogens (tertiary/aromatic N) is 1. The summed E-state index contributed by atoms with van der Waals surface area (Å²) < 4.78 is 0. The van der Waals surface area contributed by atoms with Gasteiger partial charge in [0, 0.05) is 19.2 Å². The van der Waals surface area contributed by atoms with Gasteiger partial charge in [0.05, 0.1) is 11.0 Å². The van der Waals surface area contributed by atoms with Gasteiger partial charge >= 0.3 is 0 Å². The molecule has 0 aromatic heterocycles. The molecular formula is C10H15N3O3. The van der Waals surface area contributed by atoms with Crippen LogP contribution in [0.3, 0.4) is 0 Å². The quantitative estimate of drug-likeness (QED) is 0.388. The lowest BCUT2D eigenvalue weighted by Crippen LogP contribution is -2.23. The van der Waals surface area contributed by atoms with E-state index in [-0.39, 0.29) is 11.4 Å². The van der Waals surface area contributed by atoms with E-state index >= 15 is 0 Å². The smallest absolute Gasteiger partial charge is 0.292 e. The summed E-state index contributed by atoms with van der Waals surface area (Å²) in [5.41, 5.74) is 6.30. The summed E-state index contributed by atoms with van der Waals surface area (Å²) in [5.74, 6) is 0. The topological polar surface area (TPSA) is 101 Å². The molecule has 0 aliphatic heterocycles. The van der Waals surface area contributed by atoms with E-state index < -0.39 is 11.0 Å². The van der Waals surface area contributed by atoms with Crippen molar-refractivity contribution in [3.05, 3.63) is 33.9 Å². The minimum absolute atomic E-state index is 0.0867. The fourth-order valence-electron chi connectivity index (χ4n) is 1.28. The summed E-state index contributed by atoms with van der Waals surface area (Å²) in [6.07, 6.45) is -0.441. The summed E-state index contributed by atoms with van der Waals surface area (Å²) in [6, 6.07) is 4.67. The van der Waals surface area contributed by atoms with Crippen molar-refractivity contribution in [2.75, 3.05) is 12.3 Å². The molecule has 0 heterocycles. The third-order valence-electron chi connectivity index (χ3n) is 2.06. The number of nitrogens with two attached hydrogens (primary N) is 1. The zero-order valence-corrected chi connectivity index (χ0v) is 9.01. The zero-order valence-electron chi connectivity index (χ0n) is 9.01. The Morgan fingerprint density at radius 3 is 2.88 bits per heavy atom. The number of nitro groups is 1. The molecule has 0 saturated carbocycles. The van der Waals surface area contributed by atoms with Crippen molar-refractivity contribution >= 4 is 11.4 Å². The number of nitrogen functional groups attached to an aromatic ring is 1. The Balaban J connectivity index is 2.68. The van der Waals surface area contributed by atoms with E-state index in [0.29, 0.717) is 13.1 Å². The van der Waals surface area contributed by atoms with Gasteiger partial charge in [-0.15, -0.1) is 0 Å². The number of aliphatic hydroxyl groups is 1. The van der Waals surface area contributed by atoms with Crippen LogP contribution >= 0.6 is 0 Å². The second-order valence-electron chi connectivity index (χ2n) is 3.63. The normalized spacial score (nSPS) is 12.4. The second-order valence-corrected chi connectivity index (χ2v) is 3.63. The monoisotopic (exact) mass is 225 g/mol. The first-order valence-electron chi connectivity index (χ1n) is 4.92. The number of nitro benzene ring substituents is 1. The van der Waals surface area contributed by atoms with E-state index in [2.05, 4.69) is 5.32 Å². The van der Waals surface area contributed by atoms with Crippen LogP contribution in [0.25, 0.3) is 0 Å². The number of hydrogen-bond acceptors (Lipinski definition) is 5. The van der Waals surface area contributed by atoms with Crippen LogP contribution in [-0.4, -0.2) is 22.7 Å². The third kappa shape index (κ3) is 3.48. The number of hydrogen-bond donors (Lipinski definition) is 3. The van der Waals surface area contributed by atoms with Crippen LogP contribution in [0, 0.1) is 10.1 Å². The molecule has 1 atom stereocenters. The van der Waals surface area contributed by atoms with Gasteiger partial charge in [0.15, 0.2) is 0 Å². The molecule has 0 fully saturated rings. The van der Waals surface area contributed by atoms with Gasteiger partial charge in [0.1, 0.15) is 5.69 Å². The molecular weight excluding hydrogens is 210 g/mol. The first-order chi connectivity index (χ1) is 7.50. The van der Waals surface area contributed by atoms with E-state index in [4.69, 9.17) is 10.8 Å². The Kier molecular flexibility index (Phi) is 4.21. The largest absolute Gasteiger partial charge is 0.393 e. The van der Waals surface area contributed by atoms with Crippen LogP contribution < -0.4 is 11.1 Å². The number of nitrogens with one attached hydrogen (secondary N) is 1. The van der Waals surface area contributed by atoms with Gasteiger partial charge in [-0.2, -0.15) is 0 Å². The summed E-state index contributed by atoms with van der Waals surface area (Å²) in [5, 5.41) is 22.6. The van der Waals surface area contributed by atoms with E-state index in [0.717, 1.165) is 5.56 Å². The summed E-state index contributed by atoms with van der Waals surface area (Å²) in [4.78, 5) is 10.1. The van der Waals surface area contributed by atoms with Gasteiger partial charge < -0.3 is 16.2 Å². The Labute approximate surface area is 93.2 Å². The maximum Gasteiger partial charge on any atom is 0.292 e. The number of benzene rings is 1. The third-order valence-corrected chi connectivity index (χ3v) is 2.06. The van der Waals surface area contributed by atoms with E-state index in [1.807, 2.05) is 0 Å². The van der Waals surface area contributed by atoms with Crippen LogP contribution in [0.1, 0.15) is 12.5 Å². The van der Waals surface area contributed by atoms with Crippen LogP contribution in [-0.2, 0) is 6.54 Å². The first kappa shape index (κ1) is 12.4. The lowest BCUT2D eigenvalue weighted by molar-refractivity contribution is -0.384. The molecule has 0 aliphatic carbocycles.